The van der Waals surface area contributed by atoms with E-state index < -0.39 is 25.4 Å². The Hall–Kier alpha value is -1.78. The summed E-state index contributed by atoms with van der Waals surface area (Å²) in [7, 11) is -1.26. The van der Waals surface area contributed by atoms with Crippen LogP contribution in [0.25, 0.3) is 0 Å². The van der Waals surface area contributed by atoms with E-state index in [1.807, 2.05) is 36.7 Å². The summed E-state index contributed by atoms with van der Waals surface area (Å²) in [5.74, 6) is 0. The summed E-state index contributed by atoms with van der Waals surface area (Å²) in [4.78, 5) is 2.37. The van der Waals surface area contributed by atoms with Crippen LogP contribution in [0.5, 0.6) is 0 Å². The predicted molar refractivity (Wildman–Crippen MR) is 192 cm³/mol. The molecule has 0 unspecified atom stereocenters. The Bertz CT molecular complexity index is 1140. The van der Waals surface area contributed by atoms with Gasteiger partial charge in [-0.1, -0.05) is 41.5 Å². The molecule has 0 aliphatic heterocycles. The van der Waals surface area contributed by atoms with Crippen LogP contribution in [0.3, 0.4) is 0 Å². The van der Waals surface area contributed by atoms with Crippen molar-refractivity contribution in [3.05, 3.63) is 48.8 Å². The van der Waals surface area contributed by atoms with Crippen molar-refractivity contribution in [3.63, 3.8) is 0 Å². The number of aromatic nitrogens is 1. The van der Waals surface area contributed by atoms with Crippen molar-refractivity contribution in [2.24, 2.45) is 10.2 Å². The summed E-state index contributed by atoms with van der Waals surface area (Å²) < 4.78 is 31.7. The molecule has 0 radical (unpaired) electrons. The number of pyridine rings is 1. The molecular formula is C33H61N4O5Si3+. The summed E-state index contributed by atoms with van der Waals surface area (Å²) in [5.41, 5.74) is 2.75. The van der Waals surface area contributed by atoms with Crippen molar-refractivity contribution >= 4 is 42.5 Å². The zero-order valence-corrected chi connectivity index (χ0v) is 33.4. The molecule has 0 saturated heterocycles. The third kappa shape index (κ3) is 12.1. The molecule has 0 aliphatic rings. The standard InChI is InChI=1S/C33H61N4O5Si3/c1-32(2,3)43(10,11)41-26-24-37(25-27-42-44(12,13)33(4,5)6)31-17-15-29(16-18-31)34-35-30-19-22-36(23-20-30)21-14-28-45(38-7,39-8)40-9/h15-20,22-23H,14,21,24-28H2,1-13H3/q+1. The van der Waals surface area contributed by atoms with E-state index in [4.69, 9.17) is 22.1 Å². The van der Waals surface area contributed by atoms with Gasteiger partial charge < -0.3 is 27.0 Å². The Kier molecular flexibility index (Phi) is 14.8. The molecule has 2 aromatic rings. The van der Waals surface area contributed by atoms with Gasteiger partial charge in [-0.3, -0.25) is 0 Å². The van der Waals surface area contributed by atoms with E-state index in [1.54, 1.807) is 21.3 Å². The number of benzene rings is 1. The quantitative estimate of drug-likeness (QED) is 0.0895. The van der Waals surface area contributed by atoms with Crippen molar-refractivity contribution in [1.82, 2.24) is 0 Å². The Labute approximate surface area is 276 Å². The molecule has 0 N–H and O–H groups in total. The monoisotopic (exact) mass is 677 g/mol. The van der Waals surface area contributed by atoms with Gasteiger partial charge in [-0.05, 0) is 60.5 Å². The number of anilines is 1. The van der Waals surface area contributed by atoms with Gasteiger partial charge in [0.25, 0.3) is 0 Å². The molecular weight excluding hydrogens is 617 g/mol. The fraction of sp³-hybridized carbons (Fsp3) is 0.667. The molecule has 1 aromatic carbocycles. The summed E-state index contributed by atoms with van der Waals surface area (Å²) in [6.45, 7) is 26.8. The van der Waals surface area contributed by atoms with Crippen LogP contribution in [0.15, 0.2) is 59.0 Å². The largest absolute Gasteiger partial charge is 0.500 e. The molecule has 1 aromatic heterocycles. The molecule has 0 fully saturated rings. The maximum Gasteiger partial charge on any atom is 0.500 e. The minimum Gasteiger partial charge on any atom is -0.415 e. The maximum absolute atomic E-state index is 6.53. The number of azo groups is 1. The predicted octanol–water partition coefficient (Wildman–Crippen LogP) is 8.51. The minimum atomic E-state index is -2.55. The second-order valence-corrected chi connectivity index (χ2v) is 27.3. The Morgan fingerprint density at radius 3 is 1.49 bits per heavy atom. The number of aryl methyl sites for hydroxylation is 1. The third-order valence-corrected chi connectivity index (χ3v) is 21.4. The van der Waals surface area contributed by atoms with Crippen molar-refractivity contribution in [3.8, 4) is 0 Å². The van der Waals surface area contributed by atoms with E-state index in [-0.39, 0.29) is 10.1 Å². The van der Waals surface area contributed by atoms with Crippen LogP contribution in [0.4, 0.5) is 17.1 Å². The Morgan fingerprint density at radius 2 is 1.09 bits per heavy atom. The normalized spacial score (nSPS) is 13.5. The Balaban J connectivity index is 2.05. The van der Waals surface area contributed by atoms with Gasteiger partial charge in [0.1, 0.15) is 6.54 Å². The van der Waals surface area contributed by atoms with Gasteiger partial charge in [-0.2, -0.15) is 10.2 Å². The zero-order valence-electron chi connectivity index (χ0n) is 30.4. The van der Waals surface area contributed by atoms with E-state index in [2.05, 4.69) is 99.6 Å². The molecule has 0 saturated carbocycles. The van der Waals surface area contributed by atoms with Gasteiger partial charge in [0.2, 0.25) is 0 Å². The lowest BCUT2D eigenvalue weighted by Gasteiger charge is -2.38. The summed E-state index contributed by atoms with van der Waals surface area (Å²) >= 11 is 0. The van der Waals surface area contributed by atoms with E-state index in [9.17, 15) is 0 Å². The van der Waals surface area contributed by atoms with Gasteiger partial charge in [-0.25, -0.2) is 4.57 Å². The highest BCUT2D eigenvalue weighted by Crippen LogP contribution is 2.37. The minimum absolute atomic E-state index is 0.182. The third-order valence-electron chi connectivity index (χ3n) is 9.46. The van der Waals surface area contributed by atoms with E-state index in [0.717, 1.165) is 49.2 Å². The first-order chi connectivity index (χ1) is 20.9. The Morgan fingerprint density at radius 1 is 0.667 bits per heavy atom. The second kappa shape index (κ2) is 16.9. The van der Waals surface area contributed by atoms with Crippen molar-refractivity contribution in [2.45, 2.75) is 96.8 Å². The molecule has 0 atom stereocenters. The average molecular weight is 678 g/mol. The van der Waals surface area contributed by atoms with E-state index in [0.29, 0.717) is 13.2 Å². The van der Waals surface area contributed by atoms with Crippen molar-refractivity contribution < 1.29 is 26.7 Å². The van der Waals surface area contributed by atoms with E-state index >= 15 is 0 Å². The van der Waals surface area contributed by atoms with Crippen LogP contribution in [-0.4, -0.2) is 73.1 Å². The van der Waals surface area contributed by atoms with Crippen LogP contribution in [-0.2, 0) is 28.7 Å². The van der Waals surface area contributed by atoms with Gasteiger partial charge >= 0.3 is 8.80 Å². The van der Waals surface area contributed by atoms with Crippen LogP contribution in [0, 0.1) is 0 Å². The van der Waals surface area contributed by atoms with Gasteiger partial charge in [0.05, 0.1) is 24.6 Å². The number of nitrogens with zero attached hydrogens (tertiary/aromatic N) is 4. The molecule has 1 heterocycles. The van der Waals surface area contributed by atoms with Crippen LogP contribution in [0.1, 0.15) is 48.0 Å². The maximum atomic E-state index is 6.53. The number of rotatable bonds is 18. The fourth-order valence-corrected chi connectivity index (χ4v) is 7.94. The van der Waals surface area contributed by atoms with E-state index in [1.165, 1.54) is 0 Å². The molecule has 45 heavy (non-hydrogen) atoms. The molecule has 0 bridgehead atoms. The molecule has 0 amide bonds. The second-order valence-electron chi connectivity index (χ2n) is 14.6. The highest BCUT2D eigenvalue weighted by molar-refractivity contribution is 6.74. The lowest BCUT2D eigenvalue weighted by Crippen LogP contribution is -2.44. The molecule has 254 valence electrons. The number of hydrogen-bond acceptors (Lipinski definition) is 8. The first kappa shape index (κ1) is 39.4. The lowest BCUT2D eigenvalue weighted by molar-refractivity contribution is -0.696. The molecule has 0 aliphatic carbocycles. The molecule has 12 heteroatoms. The number of hydrogen-bond donors (Lipinski definition) is 0. The molecule has 2 rings (SSSR count). The first-order valence-corrected chi connectivity index (χ1v) is 23.8. The van der Waals surface area contributed by atoms with Gasteiger partial charge in [0, 0.05) is 64.7 Å². The van der Waals surface area contributed by atoms with Gasteiger partial charge in [0.15, 0.2) is 29.0 Å². The summed E-state index contributed by atoms with van der Waals surface area (Å²) in [6.07, 6.45) is 4.92. The summed E-state index contributed by atoms with van der Waals surface area (Å²) in [5, 5.41) is 9.32. The fourth-order valence-electron chi connectivity index (χ4n) is 4.17. The first-order valence-electron chi connectivity index (χ1n) is 16.1. The summed E-state index contributed by atoms with van der Waals surface area (Å²) in [6, 6.07) is 13.0. The SMILES string of the molecule is CO[Si](CCC[n+]1ccc(N=Nc2ccc(N(CCO[Si](C)(C)C(C)(C)C)CCO[Si](C)(C)C(C)(C)C)cc2)cc1)(OC)OC. The highest BCUT2D eigenvalue weighted by Gasteiger charge is 2.39. The highest BCUT2D eigenvalue weighted by atomic mass is 28.4. The van der Waals surface area contributed by atoms with Crippen molar-refractivity contribution in [2.75, 3.05) is 52.5 Å². The van der Waals surface area contributed by atoms with Crippen LogP contribution >= 0.6 is 0 Å². The molecule has 9 nitrogen and oxygen atoms in total. The van der Waals surface area contributed by atoms with Crippen LogP contribution < -0.4 is 9.47 Å². The smallest absolute Gasteiger partial charge is 0.415 e. The van der Waals surface area contributed by atoms with Gasteiger partial charge in [-0.15, -0.1) is 0 Å². The van der Waals surface area contributed by atoms with Crippen molar-refractivity contribution in [1.29, 1.82) is 0 Å². The topological polar surface area (TPSA) is 78.0 Å². The van der Waals surface area contributed by atoms with Crippen LogP contribution in [0.2, 0.25) is 42.3 Å². The zero-order chi connectivity index (χ0) is 33.9. The lowest BCUT2D eigenvalue weighted by atomic mass is 10.2. The average Bonchev–Trinajstić information content (AvgIpc) is 2.97. The molecule has 0 spiro atoms.